The Morgan fingerprint density at radius 3 is 2.30 bits per heavy atom. The first-order valence-corrected chi connectivity index (χ1v) is 14.5. The number of para-hydroxylation sites is 2. The topological polar surface area (TPSA) is 97.4 Å². The average Bonchev–Trinajstić information content (AvgIpc) is 3.41. The number of hydrogen-bond acceptors (Lipinski definition) is 7. The van der Waals surface area contributed by atoms with Crippen LogP contribution in [-0.4, -0.2) is 62.4 Å². The van der Waals surface area contributed by atoms with Gasteiger partial charge in [-0.05, 0) is 55.7 Å². The van der Waals surface area contributed by atoms with Gasteiger partial charge in [-0.2, -0.15) is 0 Å². The van der Waals surface area contributed by atoms with Crippen LogP contribution in [0.3, 0.4) is 0 Å². The van der Waals surface area contributed by atoms with E-state index in [1.807, 2.05) is 39.8 Å². The van der Waals surface area contributed by atoms with Gasteiger partial charge in [0.1, 0.15) is 0 Å². The Labute approximate surface area is 238 Å². The van der Waals surface area contributed by atoms with Crippen molar-refractivity contribution in [1.29, 1.82) is 0 Å². The summed E-state index contributed by atoms with van der Waals surface area (Å²) in [5.74, 6) is 1.66. The number of amides is 1. The van der Waals surface area contributed by atoms with Crippen molar-refractivity contribution in [3.8, 4) is 17.1 Å². The van der Waals surface area contributed by atoms with Crippen molar-refractivity contribution in [2.24, 2.45) is 0 Å². The largest absolute Gasteiger partial charge is 0.368 e. The second-order valence-corrected chi connectivity index (χ2v) is 10.8. The van der Waals surface area contributed by atoms with E-state index in [4.69, 9.17) is 0 Å². The van der Waals surface area contributed by atoms with Gasteiger partial charge in [-0.1, -0.05) is 48.2 Å². The van der Waals surface area contributed by atoms with Gasteiger partial charge in [-0.25, -0.2) is 0 Å². The Bertz CT molecular complexity index is 1450. The minimum absolute atomic E-state index is 0.0341. The molecular formula is C30H32N6O3S. The molecule has 0 bridgehead atoms. The van der Waals surface area contributed by atoms with Gasteiger partial charge in [0.25, 0.3) is 5.69 Å². The van der Waals surface area contributed by atoms with Gasteiger partial charge in [0.15, 0.2) is 11.0 Å². The van der Waals surface area contributed by atoms with Crippen LogP contribution in [0.25, 0.3) is 17.1 Å². The molecule has 1 aliphatic heterocycles. The molecule has 1 fully saturated rings. The van der Waals surface area contributed by atoms with Gasteiger partial charge in [0.2, 0.25) is 5.91 Å². The fourth-order valence-corrected chi connectivity index (χ4v) is 5.86. The van der Waals surface area contributed by atoms with E-state index >= 15 is 0 Å². The number of piperazine rings is 1. The zero-order chi connectivity index (χ0) is 27.9. The molecule has 5 rings (SSSR count). The molecule has 2 heterocycles. The minimum atomic E-state index is -0.413. The molecule has 206 valence electrons. The van der Waals surface area contributed by atoms with Gasteiger partial charge in [0.05, 0.1) is 4.92 Å². The van der Waals surface area contributed by atoms with Crippen LogP contribution in [0.1, 0.15) is 24.8 Å². The molecule has 0 unspecified atom stereocenters. The number of carbonyl (C=O) groups excluding carboxylic acids is 1. The summed E-state index contributed by atoms with van der Waals surface area (Å²) in [7, 11) is 0. The fraction of sp³-hybridized carbons (Fsp3) is 0.300. The van der Waals surface area contributed by atoms with Crippen molar-refractivity contribution in [3.05, 3.63) is 94.5 Å². The SMILES string of the molecule is Cc1ccccc1N1CCN(C(=O)CCCCSc2nnc(-c3ccc([N+](=O)[O-])cc3)n2-c2ccccc2)CC1. The van der Waals surface area contributed by atoms with Crippen molar-refractivity contribution >= 4 is 29.0 Å². The molecule has 3 aromatic carbocycles. The molecule has 40 heavy (non-hydrogen) atoms. The molecule has 1 aromatic heterocycles. The number of thioether (sulfide) groups is 1. The molecule has 0 saturated carbocycles. The number of hydrogen-bond donors (Lipinski definition) is 0. The van der Waals surface area contributed by atoms with Crippen LogP contribution in [0.2, 0.25) is 0 Å². The highest BCUT2D eigenvalue weighted by atomic mass is 32.2. The Morgan fingerprint density at radius 2 is 1.60 bits per heavy atom. The number of aryl methyl sites for hydroxylation is 1. The number of benzene rings is 3. The van der Waals surface area contributed by atoms with E-state index in [1.165, 1.54) is 23.4 Å². The van der Waals surface area contributed by atoms with E-state index < -0.39 is 4.92 Å². The molecule has 0 atom stereocenters. The number of anilines is 1. The molecule has 0 spiro atoms. The Kier molecular flexibility index (Phi) is 8.75. The van der Waals surface area contributed by atoms with Crippen LogP contribution in [0.4, 0.5) is 11.4 Å². The molecule has 9 nitrogen and oxygen atoms in total. The van der Waals surface area contributed by atoms with E-state index in [1.54, 1.807) is 23.9 Å². The molecule has 1 amide bonds. The molecular weight excluding hydrogens is 524 g/mol. The number of aromatic nitrogens is 3. The summed E-state index contributed by atoms with van der Waals surface area (Å²) in [6, 6.07) is 24.6. The third-order valence-corrected chi connectivity index (χ3v) is 8.10. The minimum Gasteiger partial charge on any atom is -0.368 e. The lowest BCUT2D eigenvalue weighted by Gasteiger charge is -2.37. The predicted octanol–water partition coefficient (Wildman–Crippen LogP) is 5.76. The van der Waals surface area contributed by atoms with Crippen molar-refractivity contribution < 1.29 is 9.72 Å². The third-order valence-electron chi connectivity index (χ3n) is 7.09. The number of unbranched alkanes of at least 4 members (excludes halogenated alkanes) is 1. The molecule has 0 aliphatic carbocycles. The average molecular weight is 557 g/mol. The summed E-state index contributed by atoms with van der Waals surface area (Å²) in [4.78, 5) is 27.8. The number of non-ortho nitro benzene ring substituents is 1. The zero-order valence-electron chi connectivity index (χ0n) is 22.5. The summed E-state index contributed by atoms with van der Waals surface area (Å²) < 4.78 is 1.98. The van der Waals surface area contributed by atoms with Gasteiger partial charge in [0, 0.05) is 67.4 Å². The van der Waals surface area contributed by atoms with Gasteiger partial charge < -0.3 is 9.80 Å². The quantitative estimate of drug-likeness (QED) is 0.106. The first-order valence-electron chi connectivity index (χ1n) is 13.5. The summed E-state index contributed by atoms with van der Waals surface area (Å²) in [5, 5.41) is 20.7. The lowest BCUT2D eigenvalue weighted by Crippen LogP contribution is -2.48. The van der Waals surface area contributed by atoms with Gasteiger partial charge in [-0.15, -0.1) is 10.2 Å². The van der Waals surface area contributed by atoms with E-state index in [-0.39, 0.29) is 11.6 Å². The van der Waals surface area contributed by atoms with Crippen molar-refractivity contribution in [2.45, 2.75) is 31.3 Å². The first kappa shape index (κ1) is 27.4. The maximum Gasteiger partial charge on any atom is 0.269 e. The van der Waals surface area contributed by atoms with Crippen LogP contribution in [0.15, 0.2) is 84.0 Å². The van der Waals surface area contributed by atoms with E-state index in [0.29, 0.717) is 12.2 Å². The smallest absolute Gasteiger partial charge is 0.269 e. The number of carbonyl (C=O) groups is 1. The van der Waals surface area contributed by atoms with Crippen molar-refractivity contribution in [1.82, 2.24) is 19.7 Å². The number of nitro benzene ring substituents is 1. The van der Waals surface area contributed by atoms with Crippen LogP contribution in [-0.2, 0) is 4.79 Å². The standard InChI is InChI=1S/C30H32N6O3S/c1-23-9-5-6-12-27(23)33-18-20-34(21-19-33)28(37)13-7-8-22-40-30-32-31-29(35(30)25-10-3-2-4-11-25)24-14-16-26(17-15-24)36(38)39/h2-6,9-12,14-17H,7-8,13,18-22H2,1H3. The summed E-state index contributed by atoms with van der Waals surface area (Å²) >= 11 is 1.60. The number of nitro groups is 1. The predicted molar refractivity (Wildman–Crippen MR) is 158 cm³/mol. The molecule has 4 aromatic rings. The monoisotopic (exact) mass is 556 g/mol. The van der Waals surface area contributed by atoms with Crippen LogP contribution in [0.5, 0.6) is 0 Å². The summed E-state index contributed by atoms with van der Waals surface area (Å²) in [5.41, 5.74) is 4.23. The van der Waals surface area contributed by atoms with Gasteiger partial charge in [-0.3, -0.25) is 19.5 Å². The van der Waals surface area contributed by atoms with Crippen LogP contribution < -0.4 is 4.90 Å². The maximum absolute atomic E-state index is 12.8. The lowest BCUT2D eigenvalue weighted by molar-refractivity contribution is -0.384. The maximum atomic E-state index is 12.8. The Balaban J connectivity index is 1.14. The third kappa shape index (κ3) is 6.34. The lowest BCUT2D eigenvalue weighted by atomic mass is 10.1. The molecule has 10 heteroatoms. The van der Waals surface area contributed by atoms with E-state index in [0.717, 1.165) is 61.2 Å². The fourth-order valence-electron chi connectivity index (χ4n) is 4.91. The second kappa shape index (κ2) is 12.8. The highest BCUT2D eigenvalue weighted by Gasteiger charge is 2.22. The second-order valence-electron chi connectivity index (χ2n) is 9.74. The highest BCUT2D eigenvalue weighted by molar-refractivity contribution is 7.99. The van der Waals surface area contributed by atoms with Crippen LogP contribution in [0, 0.1) is 17.0 Å². The summed E-state index contributed by atoms with van der Waals surface area (Å²) in [6.07, 6.45) is 2.25. The zero-order valence-corrected chi connectivity index (χ0v) is 23.3. The molecule has 0 radical (unpaired) electrons. The van der Waals surface area contributed by atoms with E-state index in [2.05, 4.69) is 46.3 Å². The normalized spacial score (nSPS) is 13.4. The molecule has 0 N–H and O–H groups in total. The highest BCUT2D eigenvalue weighted by Crippen LogP contribution is 2.29. The Morgan fingerprint density at radius 1 is 0.900 bits per heavy atom. The van der Waals surface area contributed by atoms with Gasteiger partial charge >= 0.3 is 0 Å². The number of nitrogens with zero attached hydrogens (tertiary/aromatic N) is 6. The van der Waals surface area contributed by atoms with Crippen LogP contribution >= 0.6 is 11.8 Å². The Hall–Kier alpha value is -4.18. The molecule has 1 aliphatic rings. The van der Waals surface area contributed by atoms with E-state index in [9.17, 15) is 14.9 Å². The van der Waals surface area contributed by atoms with Crippen molar-refractivity contribution in [2.75, 3.05) is 36.8 Å². The van der Waals surface area contributed by atoms with Crippen molar-refractivity contribution in [3.63, 3.8) is 0 Å². The number of rotatable bonds is 10. The summed E-state index contributed by atoms with van der Waals surface area (Å²) in [6.45, 7) is 5.36. The molecule has 1 saturated heterocycles. The first-order chi connectivity index (χ1) is 19.5.